The van der Waals surface area contributed by atoms with Crippen LogP contribution in [-0.4, -0.2) is 35.0 Å². The summed E-state index contributed by atoms with van der Waals surface area (Å²) in [5, 5.41) is 23.8. The number of nitro benzene ring substituents is 1. The fourth-order valence-corrected chi connectivity index (χ4v) is 2.97. The predicted octanol–water partition coefficient (Wildman–Crippen LogP) is 2.28. The monoisotopic (exact) mass is 384 g/mol. The first-order chi connectivity index (χ1) is 12.8. The zero-order chi connectivity index (χ0) is 19.7. The van der Waals surface area contributed by atoms with Gasteiger partial charge in [0.25, 0.3) is 11.6 Å². The minimum atomic E-state index is -0.634. The number of anilines is 1. The highest BCUT2D eigenvalue weighted by molar-refractivity contribution is 7.80. The van der Waals surface area contributed by atoms with Gasteiger partial charge in [-0.05, 0) is 36.0 Å². The van der Waals surface area contributed by atoms with E-state index in [9.17, 15) is 20.0 Å². The van der Waals surface area contributed by atoms with E-state index in [0.717, 1.165) is 12.1 Å². The van der Waals surface area contributed by atoms with Crippen molar-refractivity contribution >= 4 is 40.7 Å². The molecule has 0 N–H and O–H groups in total. The standard InChI is InChI=1S/C18H15N3O5S/c1-19-14(17(23)20(18(19)27)12-6-4-3-5-7-12)9-11-8-13(21(24)25)10-15(26-2)16(11)22/h3-10,22H,1-2H3/p-1/b14-9+. The van der Waals surface area contributed by atoms with E-state index < -0.39 is 16.6 Å². The highest BCUT2D eigenvalue weighted by atomic mass is 32.1. The van der Waals surface area contributed by atoms with Crippen LogP contribution in [0.15, 0.2) is 48.2 Å². The molecular formula is C18H14N3O5S-. The van der Waals surface area contributed by atoms with Gasteiger partial charge in [0.05, 0.1) is 23.8 Å². The Bertz CT molecular complexity index is 974. The van der Waals surface area contributed by atoms with Gasteiger partial charge in [-0.2, -0.15) is 0 Å². The van der Waals surface area contributed by atoms with Crippen molar-refractivity contribution in [3.63, 3.8) is 0 Å². The maximum absolute atomic E-state index is 12.9. The number of para-hydroxylation sites is 1. The second-order valence-electron chi connectivity index (χ2n) is 5.67. The van der Waals surface area contributed by atoms with Crippen molar-refractivity contribution in [1.82, 2.24) is 4.90 Å². The van der Waals surface area contributed by atoms with Crippen molar-refractivity contribution in [2.24, 2.45) is 0 Å². The van der Waals surface area contributed by atoms with Gasteiger partial charge in [0.1, 0.15) is 11.4 Å². The number of hydrogen-bond donors (Lipinski definition) is 0. The largest absolute Gasteiger partial charge is 0.870 e. The average Bonchev–Trinajstić information content (AvgIpc) is 2.87. The molecule has 0 spiro atoms. The molecule has 9 heteroatoms. The summed E-state index contributed by atoms with van der Waals surface area (Å²) in [6.07, 6.45) is 1.29. The summed E-state index contributed by atoms with van der Waals surface area (Å²) in [7, 11) is 2.84. The Balaban J connectivity index is 2.10. The number of rotatable bonds is 4. The topological polar surface area (TPSA) is 99.0 Å². The molecule has 0 unspecified atom stereocenters. The van der Waals surface area contributed by atoms with Gasteiger partial charge >= 0.3 is 0 Å². The number of nitrogens with zero attached hydrogens (tertiary/aromatic N) is 3. The first-order valence-electron chi connectivity index (χ1n) is 7.77. The summed E-state index contributed by atoms with van der Waals surface area (Å²) in [5.41, 5.74) is 0.369. The lowest BCUT2D eigenvalue weighted by Gasteiger charge is -2.17. The van der Waals surface area contributed by atoms with Crippen LogP contribution in [0.25, 0.3) is 6.08 Å². The van der Waals surface area contributed by atoms with Crippen LogP contribution in [0.2, 0.25) is 0 Å². The fourth-order valence-electron chi connectivity index (χ4n) is 2.68. The van der Waals surface area contributed by atoms with Crippen molar-refractivity contribution in [3.8, 4) is 11.5 Å². The molecule has 1 fully saturated rings. The third-order valence-corrected chi connectivity index (χ3v) is 4.52. The molecule has 2 aromatic carbocycles. The van der Waals surface area contributed by atoms with Crippen molar-refractivity contribution in [2.45, 2.75) is 0 Å². The average molecular weight is 384 g/mol. The number of amides is 1. The Morgan fingerprint density at radius 3 is 2.48 bits per heavy atom. The molecule has 27 heavy (non-hydrogen) atoms. The Morgan fingerprint density at radius 1 is 1.22 bits per heavy atom. The van der Waals surface area contributed by atoms with Gasteiger partial charge in [0, 0.05) is 13.1 Å². The van der Waals surface area contributed by atoms with E-state index in [-0.39, 0.29) is 27.8 Å². The minimum absolute atomic E-state index is 0.0334. The molecule has 1 aliphatic rings. The maximum atomic E-state index is 12.9. The van der Waals surface area contributed by atoms with Gasteiger partial charge in [-0.1, -0.05) is 23.9 Å². The molecule has 0 atom stereocenters. The number of hydrogen-bond acceptors (Lipinski definition) is 6. The van der Waals surface area contributed by atoms with E-state index in [2.05, 4.69) is 0 Å². The summed E-state index contributed by atoms with van der Waals surface area (Å²) >= 11 is 5.34. The zero-order valence-electron chi connectivity index (χ0n) is 14.4. The van der Waals surface area contributed by atoms with Gasteiger partial charge < -0.3 is 14.7 Å². The molecule has 8 nitrogen and oxygen atoms in total. The maximum Gasteiger partial charge on any atom is 0.281 e. The molecule has 0 aromatic heterocycles. The van der Waals surface area contributed by atoms with E-state index in [4.69, 9.17) is 17.0 Å². The molecule has 0 radical (unpaired) electrons. The second kappa shape index (κ2) is 7.04. The summed E-state index contributed by atoms with van der Waals surface area (Å²) in [4.78, 5) is 26.1. The summed E-state index contributed by atoms with van der Waals surface area (Å²) < 4.78 is 4.93. The molecule has 0 saturated carbocycles. The molecule has 138 valence electrons. The number of likely N-dealkylation sites (N-methyl/N-ethyl adjacent to an activating group) is 1. The number of methoxy groups -OCH3 is 1. The first-order valence-corrected chi connectivity index (χ1v) is 8.18. The Morgan fingerprint density at radius 2 is 1.89 bits per heavy atom. The summed E-state index contributed by atoms with van der Waals surface area (Å²) in [6, 6.07) is 11.0. The third kappa shape index (κ3) is 3.20. The van der Waals surface area contributed by atoms with Crippen LogP contribution in [0.5, 0.6) is 11.5 Å². The van der Waals surface area contributed by atoms with Crippen LogP contribution in [0.1, 0.15) is 5.56 Å². The smallest absolute Gasteiger partial charge is 0.281 e. The van der Waals surface area contributed by atoms with Gasteiger partial charge in [-0.3, -0.25) is 19.8 Å². The number of nitro groups is 1. The number of ether oxygens (including phenoxy) is 1. The number of non-ortho nitro benzene ring substituents is 1. The van der Waals surface area contributed by atoms with Crippen LogP contribution >= 0.6 is 12.2 Å². The summed E-state index contributed by atoms with van der Waals surface area (Å²) in [5.74, 6) is -1.16. The van der Waals surface area contributed by atoms with E-state index in [1.165, 1.54) is 23.0 Å². The molecule has 1 amide bonds. The number of carbonyl (C=O) groups excluding carboxylic acids is 1. The molecule has 0 bridgehead atoms. The Kier molecular flexibility index (Phi) is 4.78. The van der Waals surface area contributed by atoms with Crippen molar-refractivity contribution in [1.29, 1.82) is 0 Å². The second-order valence-corrected chi connectivity index (χ2v) is 6.04. The molecule has 0 aliphatic carbocycles. The minimum Gasteiger partial charge on any atom is -0.870 e. The molecule has 1 saturated heterocycles. The Labute approximate surface area is 160 Å². The van der Waals surface area contributed by atoms with Gasteiger partial charge in [-0.15, -0.1) is 0 Å². The van der Waals surface area contributed by atoms with Crippen LogP contribution in [0.4, 0.5) is 11.4 Å². The lowest BCUT2D eigenvalue weighted by molar-refractivity contribution is -0.385. The first kappa shape index (κ1) is 18.3. The van der Waals surface area contributed by atoms with E-state index >= 15 is 0 Å². The molecule has 1 heterocycles. The number of thiocarbonyl (C=S) groups is 1. The fraction of sp³-hybridized carbons (Fsp3) is 0.111. The Hall–Kier alpha value is -3.46. The predicted molar refractivity (Wildman–Crippen MR) is 101 cm³/mol. The molecule has 3 rings (SSSR count). The molecule has 2 aromatic rings. The number of carbonyl (C=O) groups is 1. The molecular weight excluding hydrogens is 370 g/mol. The molecule has 1 aliphatic heterocycles. The highest BCUT2D eigenvalue weighted by Gasteiger charge is 2.36. The van der Waals surface area contributed by atoms with Crippen molar-refractivity contribution in [2.75, 3.05) is 19.1 Å². The van der Waals surface area contributed by atoms with Crippen LogP contribution < -0.4 is 14.7 Å². The van der Waals surface area contributed by atoms with E-state index in [0.29, 0.717) is 5.69 Å². The van der Waals surface area contributed by atoms with Crippen LogP contribution in [0, 0.1) is 10.1 Å². The quantitative estimate of drug-likeness (QED) is 0.345. The lowest BCUT2D eigenvalue weighted by atomic mass is 10.1. The zero-order valence-corrected chi connectivity index (χ0v) is 15.2. The van der Waals surface area contributed by atoms with Gasteiger partial charge in [-0.25, -0.2) is 0 Å². The van der Waals surface area contributed by atoms with E-state index in [1.807, 2.05) is 6.07 Å². The van der Waals surface area contributed by atoms with E-state index in [1.54, 1.807) is 31.3 Å². The SMILES string of the molecule is COc1cc([N+](=O)[O-])cc(/C=C2\C(=O)N(c3ccccc3)C(=S)N2C)c1[O-]. The van der Waals surface area contributed by atoms with Gasteiger partial charge in [0.2, 0.25) is 0 Å². The van der Waals surface area contributed by atoms with Crippen LogP contribution in [-0.2, 0) is 4.79 Å². The van der Waals surface area contributed by atoms with Crippen molar-refractivity contribution in [3.05, 3.63) is 63.8 Å². The number of benzene rings is 2. The van der Waals surface area contributed by atoms with Crippen molar-refractivity contribution < 1.29 is 19.6 Å². The highest BCUT2D eigenvalue weighted by Crippen LogP contribution is 2.35. The normalized spacial score (nSPS) is 15.6. The third-order valence-electron chi connectivity index (χ3n) is 4.07. The summed E-state index contributed by atoms with van der Waals surface area (Å²) in [6.45, 7) is 0. The van der Waals surface area contributed by atoms with Gasteiger partial charge in [0.15, 0.2) is 5.11 Å². The lowest BCUT2D eigenvalue weighted by Crippen LogP contribution is -2.30. The van der Waals surface area contributed by atoms with Crippen LogP contribution in [0.3, 0.4) is 0 Å².